The van der Waals surface area contributed by atoms with Crippen molar-refractivity contribution >= 4 is 5.91 Å². The lowest BCUT2D eigenvalue weighted by molar-refractivity contribution is -0.134. The molecule has 0 spiro atoms. The molecule has 2 rings (SSSR count). The maximum Gasteiger partial charge on any atom is 0.244 e. The standard InChI is InChI=1S/C14H24N4O/c1-4-12-8-17(6-5-13(12)15)14(19)9-18-11(3)7-10(2)16-18/h7,12-13H,4-6,8-9,15H2,1-3H3. The summed E-state index contributed by atoms with van der Waals surface area (Å²) in [4.78, 5) is 14.3. The van der Waals surface area contributed by atoms with Gasteiger partial charge in [-0.2, -0.15) is 5.10 Å². The third-order valence-corrected chi connectivity index (χ3v) is 4.06. The molecule has 1 amide bonds. The van der Waals surface area contributed by atoms with Gasteiger partial charge in [-0.25, -0.2) is 0 Å². The summed E-state index contributed by atoms with van der Waals surface area (Å²) in [5.74, 6) is 0.578. The predicted molar refractivity (Wildman–Crippen MR) is 74.7 cm³/mol. The number of amides is 1. The van der Waals surface area contributed by atoms with E-state index in [2.05, 4.69) is 12.0 Å². The molecule has 2 N–H and O–H groups in total. The van der Waals surface area contributed by atoms with Crippen LogP contribution in [0.25, 0.3) is 0 Å². The van der Waals surface area contributed by atoms with E-state index < -0.39 is 0 Å². The Morgan fingerprint density at radius 2 is 2.26 bits per heavy atom. The lowest BCUT2D eigenvalue weighted by Crippen LogP contribution is -2.49. The van der Waals surface area contributed by atoms with Gasteiger partial charge in [-0.3, -0.25) is 9.48 Å². The van der Waals surface area contributed by atoms with E-state index in [4.69, 9.17) is 5.73 Å². The van der Waals surface area contributed by atoms with Crippen molar-refractivity contribution < 1.29 is 4.79 Å². The molecule has 0 aliphatic carbocycles. The minimum Gasteiger partial charge on any atom is -0.341 e. The number of likely N-dealkylation sites (tertiary alicyclic amines) is 1. The van der Waals surface area contributed by atoms with Crippen LogP contribution < -0.4 is 5.73 Å². The molecule has 5 nitrogen and oxygen atoms in total. The largest absolute Gasteiger partial charge is 0.341 e. The Hall–Kier alpha value is -1.36. The molecule has 1 saturated heterocycles. The van der Waals surface area contributed by atoms with Crippen LogP contribution >= 0.6 is 0 Å². The highest BCUT2D eigenvalue weighted by molar-refractivity contribution is 5.76. The summed E-state index contributed by atoms with van der Waals surface area (Å²) >= 11 is 0. The Morgan fingerprint density at radius 3 is 2.84 bits per heavy atom. The van der Waals surface area contributed by atoms with Crippen molar-refractivity contribution in [1.82, 2.24) is 14.7 Å². The summed E-state index contributed by atoms with van der Waals surface area (Å²) in [6, 6.07) is 2.23. The topological polar surface area (TPSA) is 64.2 Å². The minimum atomic E-state index is 0.150. The average Bonchev–Trinajstić information content (AvgIpc) is 2.68. The molecule has 0 saturated carbocycles. The second kappa shape index (κ2) is 5.74. The number of carbonyl (C=O) groups is 1. The highest BCUT2D eigenvalue weighted by atomic mass is 16.2. The lowest BCUT2D eigenvalue weighted by Gasteiger charge is -2.36. The number of hydrogen-bond acceptors (Lipinski definition) is 3. The number of rotatable bonds is 3. The fourth-order valence-electron chi connectivity index (χ4n) is 2.77. The quantitative estimate of drug-likeness (QED) is 0.888. The molecule has 0 aromatic carbocycles. The Balaban J connectivity index is 1.98. The third-order valence-electron chi connectivity index (χ3n) is 4.06. The molecule has 1 aromatic rings. The van der Waals surface area contributed by atoms with Crippen molar-refractivity contribution in [1.29, 1.82) is 0 Å². The van der Waals surface area contributed by atoms with Crippen LogP contribution in [0.15, 0.2) is 6.07 Å². The predicted octanol–water partition coefficient (Wildman–Crippen LogP) is 1.09. The first-order valence-electron chi connectivity index (χ1n) is 7.05. The van der Waals surface area contributed by atoms with Gasteiger partial charge in [0.2, 0.25) is 5.91 Å². The first-order valence-corrected chi connectivity index (χ1v) is 7.05. The molecule has 106 valence electrons. The van der Waals surface area contributed by atoms with Gasteiger partial charge in [0.1, 0.15) is 6.54 Å². The van der Waals surface area contributed by atoms with Crippen molar-refractivity contribution in [3.05, 3.63) is 17.5 Å². The first kappa shape index (κ1) is 14.1. The van der Waals surface area contributed by atoms with E-state index in [1.165, 1.54) is 0 Å². The van der Waals surface area contributed by atoms with E-state index in [1.54, 1.807) is 4.68 Å². The average molecular weight is 264 g/mol. The number of nitrogens with zero attached hydrogens (tertiary/aromatic N) is 3. The molecule has 1 aromatic heterocycles. The fourth-order valence-corrected chi connectivity index (χ4v) is 2.77. The molecule has 0 bridgehead atoms. The molecule has 2 heterocycles. The Morgan fingerprint density at radius 1 is 1.53 bits per heavy atom. The van der Waals surface area contributed by atoms with Gasteiger partial charge in [-0.1, -0.05) is 13.3 Å². The van der Waals surface area contributed by atoms with E-state index in [1.807, 2.05) is 24.8 Å². The van der Waals surface area contributed by atoms with Crippen molar-refractivity contribution in [2.24, 2.45) is 11.7 Å². The lowest BCUT2D eigenvalue weighted by atomic mass is 9.91. The molecule has 2 atom stereocenters. The number of hydrogen-bond donors (Lipinski definition) is 1. The van der Waals surface area contributed by atoms with E-state index in [9.17, 15) is 4.79 Å². The number of aromatic nitrogens is 2. The molecule has 2 unspecified atom stereocenters. The minimum absolute atomic E-state index is 0.150. The van der Waals surface area contributed by atoms with Crippen LogP contribution in [0.2, 0.25) is 0 Å². The second-order valence-corrected chi connectivity index (χ2v) is 5.55. The molecule has 1 fully saturated rings. The second-order valence-electron chi connectivity index (χ2n) is 5.55. The number of carbonyl (C=O) groups excluding carboxylic acids is 1. The van der Waals surface area contributed by atoms with Crippen molar-refractivity contribution in [2.75, 3.05) is 13.1 Å². The third kappa shape index (κ3) is 3.15. The van der Waals surface area contributed by atoms with E-state index in [-0.39, 0.29) is 11.9 Å². The van der Waals surface area contributed by atoms with Gasteiger partial charge in [-0.05, 0) is 32.3 Å². The number of aryl methyl sites for hydroxylation is 2. The summed E-state index contributed by atoms with van der Waals surface area (Å²) in [6.07, 6.45) is 1.94. The van der Waals surface area contributed by atoms with Crippen molar-refractivity contribution in [2.45, 2.75) is 46.2 Å². The molecule has 1 aliphatic rings. The molecular formula is C14H24N4O. The molecule has 1 aliphatic heterocycles. The highest BCUT2D eigenvalue weighted by Crippen LogP contribution is 2.19. The van der Waals surface area contributed by atoms with Gasteiger partial charge in [0, 0.05) is 24.8 Å². The smallest absolute Gasteiger partial charge is 0.244 e. The van der Waals surface area contributed by atoms with Crippen LogP contribution in [0, 0.1) is 19.8 Å². The fraction of sp³-hybridized carbons (Fsp3) is 0.714. The summed E-state index contributed by atoms with van der Waals surface area (Å²) in [5.41, 5.74) is 8.07. The zero-order chi connectivity index (χ0) is 14.0. The number of nitrogens with two attached hydrogens (primary N) is 1. The van der Waals surface area contributed by atoms with Crippen molar-refractivity contribution in [3.8, 4) is 0 Å². The van der Waals surface area contributed by atoms with Gasteiger partial charge < -0.3 is 10.6 Å². The Bertz CT molecular complexity index is 454. The maximum absolute atomic E-state index is 12.3. The van der Waals surface area contributed by atoms with Crippen LogP contribution in [-0.2, 0) is 11.3 Å². The Kier molecular flexibility index (Phi) is 4.24. The Labute approximate surface area is 114 Å². The van der Waals surface area contributed by atoms with Crippen LogP contribution in [-0.4, -0.2) is 39.7 Å². The van der Waals surface area contributed by atoms with E-state index >= 15 is 0 Å². The molecule has 5 heteroatoms. The summed E-state index contributed by atoms with van der Waals surface area (Å²) in [6.45, 7) is 7.96. The number of piperidine rings is 1. The van der Waals surface area contributed by atoms with Gasteiger partial charge in [0.05, 0.1) is 5.69 Å². The molecular weight excluding hydrogens is 240 g/mol. The van der Waals surface area contributed by atoms with Gasteiger partial charge in [-0.15, -0.1) is 0 Å². The maximum atomic E-state index is 12.3. The summed E-state index contributed by atoms with van der Waals surface area (Å²) in [7, 11) is 0. The monoisotopic (exact) mass is 264 g/mol. The van der Waals surface area contributed by atoms with Crippen LogP contribution in [0.1, 0.15) is 31.2 Å². The summed E-state index contributed by atoms with van der Waals surface area (Å²) < 4.78 is 1.78. The van der Waals surface area contributed by atoms with E-state index in [0.29, 0.717) is 12.5 Å². The van der Waals surface area contributed by atoms with Crippen LogP contribution in [0.5, 0.6) is 0 Å². The highest BCUT2D eigenvalue weighted by Gasteiger charge is 2.28. The van der Waals surface area contributed by atoms with Crippen molar-refractivity contribution in [3.63, 3.8) is 0 Å². The van der Waals surface area contributed by atoms with Gasteiger partial charge in [0.15, 0.2) is 0 Å². The normalized spacial score (nSPS) is 23.7. The first-order chi connectivity index (χ1) is 9.01. The summed E-state index contributed by atoms with van der Waals surface area (Å²) in [5, 5.41) is 4.34. The van der Waals surface area contributed by atoms with Crippen LogP contribution in [0.4, 0.5) is 0 Å². The molecule has 0 radical (unpaired) electrons. The van der Waals surface area contributed by atoms with E-state index in [0.717, 1.165) is 37.3 Å². The van der Waals surface area contributed by atoms with Gasteiger partial charge >= 0.3 is 0 Å². The zero-order valence-electron chi connectivity index (χ0n) is 12.1. The molecule has 19 heavy (non-hydrogen) atoms. The SMILES string of the molecule is CCC1CN(C(=O)Cn2nc(C)cc2C)CCC1N. The van der Waals surface area contributed by atoms with Crippen LogP contribution in [0.3, 0.4) is 0 Å². The van der Waals surface area contributed by atoms with Gasteiger partial charge in [0.25, 0.3) is 0 Å². The zero-order valence-corrected chi connectivity index (χ0v) is 12.1.